The maximum absolute atomic E-state index is 13.2. The van der Waals surface area contributed by atoms with Crippen LogP contribution >= 0.6 is 0 Å². The normalized spacial score (nSPS) is 16.0. The lowest BCUT2D eigenvalue weighted by Gasteiger charge is -2.25. The van der Waals surface area contributed by atoms with Crippen molar-refractivity contribution in [3.05, 3.63) is 65.0 Å². The third kappa shape index (κ3) is 4.95. The topological polar surface area (TPSA) is 58.6 Å². The van der Waals surface area contributed by atoms with E-state index < -0.39 is 5.82 Å². The van der Waals surface area contributed by atoms with Gasteiger partial charge in [-0.15, -0.1) is 0 Å². The molecule has 2 aromatic rings. The summed E-state index contributed by atoms with van der Waals surface area (Å²) in [5, 5.41) is 2.89. The molecule has 0 aromatic heterocycles. The van der Waals surface area contributed by atoms with E-state index in [1.54, 1.807) is 0 Å². The molecule has 28 heavy (non-hydrogen) atoms. The number of halogens is 1. The molecular formula is C22H25FN2O3. The van der Waals surface area contributed by atoms with E-state index in [0.717, 1.165) is 29.7 Å². The highest BCUT2D eigenvalue weighted by Gasteiger charge is 2.25. The van der Waals surface area contributed by atoms with Crippen LogP contribution in [0, 0.1) is 19.7 Å². The number of carbonyl (C=O) groups is 2. The summed E-state index contributed by atoms with van der Waals surface area (Å²) in [7, 11) is 0. The molecule has 2 aromatic carbocycles. The van der Waals surface area contributed by atoms with Crippen molar-refractivity contribution in [2.24, 2.45) is 0 Å². The minimum atomic E-state index is -0.408. The Balaban J connectivity index is 1.74. The van der Waals surface area contributed by atoms with E-state index in [-0.39, 0.29) is 24.5 Å². The molecule has 1 aliphatic rings. The van der Waals surface area contributed by atoms with E-state index in [0.29, 0.717) is 18.7 Å². The smallest absolute Gasteiger partial charge is 0.254 e. The summed E-state index contributed by atoms with van der Waals surface area (Å²) in [6.07, 6.45) is 1.71. The maximum Gasteiger partial charge on any atom is 0.254 e. The van der Waals surface area contributed by atoms with Crippen molar-refractivity contribution in [1.29, 1.82) is 0 Å². The van der Waals surface area contributed by atoms with Gasteiger partial charge in [0.2, 0.25) is 5.91 Å². The van der Waals surface area contributed by atoms with Crippen molar-refractivity contribution in [3.63, 3.8) is 0 Å². The first kappa shape index (κ1) is 20.0. The Morgan fingerprint density at radius 2 is 1.93 bits per heavy atom. The number of carbonyl (C=O) groups excluding carboxylic acids is 2. The average Bonchev–Trinajstić information content (AvgIpc) is 3.18. The summed E-state index contributed by atoms with van der Waals surface area (Å²) in [6.45, 7) is 4.82. The molecule has 3 rings (SSSR count). The lowest BCUT2D eigenvalue weighted by Crippen LogP contribution is -2.42. The van der Waals surface area contributed by atoms with Crippen molar-refractivity contribution in [1.82, 2.24) is 4.90 Å². The molecule has 1 fully saturated rings. The number of aryl methyl sites for hydroxylation is 1. The predicted octanol–water partition coefficient (Wildman–Crippen LogP) is 3.70. The van der Waals surface area contributed by atoms with Crippen LogP contribution in [-0.4, -0.2) is 42.5 Å². The van der Waals surface area contributed by atoms with Crippen molar-refractivity contribution < 1.29 is 18.7 Å². The number of amides is 2. The first-order valence-corrected chi connectivity index (χ1v) is 9.46. The summed E-state index contributed by atoms with van der Waals surface area (Å²) in [4.78, 5) is 27.0. The number of nitrogens with zero attached hydrogens (tertiary/aromatic N) is 1. The van der Waals surface area contributed by atoms with Gasteiger partial charge >= 0.3 is 0 Å². The number of rotatable bonds is 6. The van der Waals surface area contributed by atoms with Gasteiger partial charge in [0.1, 0.15) is 12.4 Å². The summed E-state index contributed by atoms with van der Waals surface area (Å²) >= 11 is 0. The average molecular weight is 384 g/mol. The Morgan fingerprint density at radius 1 is 1.18 bits per heavy atom. The Bertz CT molecular complexity index is 845. The third-order valence-electron chi connectivity index (χ3n) is 5.04. The van der Waals surface area contributed by atoms with Gasteiger partial charge in [-0.2, -0.15) is 0 Å². The zero-order chi connectivity index (χ0) is 20.1. The molecule has 5 nitrogen and oxygen atoms in total. The minimum absolute atomic E-state index is 0.0853. The second-order valence-corrected chi connectivity index (χ2v) is 7.12. The third-order valence-corrected chi connectivity index (χ3v) is 5.04. The zero-order valence-corrected chi connectivity index (χ0v) is 16.2. The summed E-state index contributed by atoms with van der Waals surface area (Å²) in [5.74, 6) is -0.997. The van der Waals surface area contributed by atoms with Crippen molar-refractivity contribution >= 4 is 17.5 Å². The van der Waals surface area contributed by atoms with E-state index in [4.69, 9.17) is 4.74 Å². The van der Waals surface area contributed by atoms with Gasteiger partial charge in [0.05, 0.1) is 6.10 Å². The molecule has 0 spiro atoms. The van der Waals surface area contributed by atoms with Crippen LogP contribution in [0.15, 0.2) is 42.5 Å². The number of nitrogens with one attached hydrogen (secondary N) is 1. The van der Waals surface area contributed by atoms with Gasteiger partial charge in [0.15, 0.2) is 0 Å². The maximum atomic E-state index is 13.2. The van der Waals surface area contributed by atoms with E-state index in [2.05, 4.69) is 5.32 Å². The fraction of sp³-hybridized carbons (Fsp3) is 0.364. The quantitative estimate of drug-likeness (QED) is 0.826. The SMILES string of the molecule is Cc1cccc(NC(=O)CN(C[C@@H]2CCCO2)C(=O)c2ccc(F)cc2)c1C. The van der Waals surface area contributed by atoms with Gasteiger partial charge in [0, 0.05) is 24.4 Å². The van der Waals surface area contributed by atoms with E-state index in [9.17, 15) is 14.0 Å². The van der Waals surface area contributed by atoms with Gasteiger partial charge in [0.25, 0.3) is 5.91 Å². The standard InChI is InChI=1S/C22H25FN2O3/c1-15-5-3-7-20(16(15)2)24-21(26)14-25(13-19-6-4-12-28-19)22(27)17-8-10-18(23)11-9-17/h3,5,7-11,19H,4,6,12-14H2,1-2H3,(H,24,26)/t19-/m0/s1. The number of hydrogen-bond donors (Lipinski definition) is 1. The largest absolute Gasteiger partial charge is 0.376 e. The van der Waals surface area contributed by atoms with Gasteiger partial charge in [-0.25, -0.2) is 4.39 Å². The molecule has 0 bridgehead atoms. The Kier molecular flexibility index (Phi) is 6.41. The Labute approximate surface area is 164 Å². The zero-order valence-electron chi connectivity index (χ0n) is 16.2. The first-order chi connectivity index (χ1) is 13.4. The van der Waals surface area contributed by atoms with Crippen LogP contribution in [0.1, 0.15) is 34.3 Å². The van der Waals surface area contributed by atoms with Crippen LogP contribution in [0.4, 0.5) is 10.1 Å². The van der Waals surface area contributed by atoms with Crippen LogP contribution in [-0.2, 0) is 9.53 Å². The molecule has 1 aliphatic heterocycles. The van der Waals surface area contributed by atoms with Gasteiger partial charge in [-0.1, -0.05) is 12.1 Å². The van der Waals surface area contributed by atoms with Gasteiger partial charge < -0.3 is 15.0 Å². The number of hydrogen-bond acceptors (Lipinski definition) is 3. The lowest BCUT2D eigenvalue weighted by molar-refractivity contribution is -0.117. The van der Waals surface area contributed by atoms with Crippen LogP contribution in [0.2, 0.25) is 0 Å². The molecule has 1 atom stereocenters. The molecule has 2 amide bonds. The van der Waals surface area contributed by atoms with E-state index >= 15 is 0 Å². The second-order valence-electron chi connectivity index (χ2n) is 7.12. The minimum Gasteiger partial charge on any atom is -0.376 e. The van der Waals surface area contributed by atoms with Gasteiger partial charge in [-0.05, 0) is 68.1 Å². The Morgan fingerprint density at radius 3 is 2.61 bits per heavy atom. The first-order valence-electron chi connectivity index (χ1n) is 9.46. The highest BCUT2D eigenvalue weighted by molar-refractivity contribution is 5.99. The van der Waals surface area contributed by atoms with Crippen LogP contribution in [0.25, 0.3) is 0 Å². The monoisotopic (exact) mass is 384 g/mol. The highest BCUT2D eigenvalue weighted by atomic mass is 19.1. The molecule has 0 unspecified atom stereocenters. The molecule has 0 radical (unpaired) electrons. The molecule has 1 heterocycles. The van der Waals surface area contributed by atoms with Crippen molar-refractivity contribution in [2.45, 2.75) is 32.8 Å². The summed E-state index contributed by atoms with van der Waals surface area (Å²) < 4.78 is 18.8. The predicted molar refractivity (Wildman–Crippen MR) is 106 cm³/mol. The van der Waals surface area contributed by atoms with Crippen LogP contribution in [0.5, 0.6) is 0 Å². The molecule has 0 saturated carbocycles. The summed E-state index contributed by atoms with van der Waals surface area (Å²) in [5.41, 5.74) is 3.15. The second kappa shape index (κ2) is 8.97. The van der Waals surface area contributed by atoms with Gasteiger partial charge in [-0.3, -0.25) is 9.59 Å². The molecule has 148 valence electrons. The molecular weight excluding hydrogens is 359 g/mol. The van der Waals surface area contributed by atoms with Crippen LogP contribution in [0.3, 0.4) is 0 Å². The molecule has 6 heteroatoms. The van der Waals surface area contributed by atoms with Crippen molar-refractivity contribution in [2.75, 3.05) is 25.0 Å². The molecule has 1 saturated heterocycles. The molecule has 0 aliphatic carbocycles. The Hall–Kier alpha value is -2.73. The highest BCUT2D eigenvalue weighted by Crippen LogP contribution is 2.19. The fourth-order valence-corrected chi connectivity index (χ4v) is 3.28. The number of benzene rings is 2. The van der Waals surface area contributed by atoms with E-state index in [1.807, 2.05) is 32.0 Å². The fourth-order valence-electron chi connectivity index (χ4n) is 3.28. The molecule has 1 N–H and O–H groups in total. The van der Waals surface area contributed by atoms with Crippen LogP contribution < -0.4 is 5.32 Å². The van der Waals surface area contributed by atoms with E-state index in [1.165, 1.54) is 29.2 Å². The lowest BCUT2D eigenvalue weighted by atomic mass is 10.1. The summed E-state index contributed by atoms with van der Waals surface area (Å²) in [6, 6.07) is 11.1. The number of anilines is 1. The number of ether oxygens (including phenoxy) is 1. The van der Waals surface area contributed by atoms with Crippen molar-refractivity contribution in [3.8, 4) is 0 Å².